The standard InChI is InChI=1S/C10H12Cl2N2O3S/c1-16-8-5(4-18-14-10(13)15)3-6(11)9(17-2)7(8)12/h3H,4H2,1-2H3,(H3,13,14,15). The highest BCUT2D eigenvalue weighted by atomic mass is 35.5. The molecule has 0 saturated heterocycles. The smallest absolute Gasteiger partial charge is 0.322 e. The summed E-state index contributed by atoms with van der Waals surface area (Å²) in [5, 5.41) is 0.667. The van der Waals surface area contributed by atoms with Crippen LogP contribution in [0.5, 0.6) is 11.5 Å². The van der Waals surface area contributed by atoms with Gasteiger partial charge in [-0.15, -0.1) is 0 Å². The van der Waals surface area contributed by atoms with Crippen molar-refractivity contribution in [2.75, 3.05) is 14.2 Å². The van der Waals surface area contributed by atoms with E-state index in [4.69, 9.17) is 38.4 Å². The van der Waals surface area contributed by atoms with Crippen LogP contribution in [0.4, 0.5) is 4.79 Å². The molecular weight excluding hydrogens is 299 g/mol. The highest BCUT2D eigenvalue weighted by Gasteiger charge is 2.17. The Bertz CT molecular complexity index is 457. The number of hydrogen-bond acceptors (Lipinski definition) is 4. The molecule has 0 unspecified atom stereocenters. The van der Waals surface area contributed by atoms with Gasteiger partial charge in [0.25, 0.3) is 0 Å². The molecule has 0 aromatic heterocycles. The normalized spacial score (nSPS) is 10.0. The summed E-state index contributed by atoms with van der Waals surface area (Å²) in [6.45, 7) is 0. The molecule has 100 valence electrons. The van der Waals surface area contributed by atoms with Crippen LogP contribution in [-0.2, 0) is 5.75 Å². The Balaban J connectivity index is 3.00. The Morgan fingerprint density at radius 3 is 2.50 bits per heavy atom. The first kappa shape index (κ1) is 15.1. The molecule has 0 heterocycles. The third kappa shape index (κ3) is 3.51. The minimum absolute atomic E-state index is 0.294. The Morgan fingerprint density at radius 1 is 1.39 bits per heavy atom. The number of nitrogens with two attached hydrogens (primary N) is 1. The van der Waals surface area contributed by atoms with Gasteiger partial charge in [0.15, 0.2) is 5.75 Å². The maximum Gasteiger partial charge on any atom is 0.322 e. The zero-order valence-corrected chi connectivity index (χ0v) is 12.1. The van der Waals surface area contributed by atoms with E-state index in [1.807, 2.05) is 0 Å². The monoisotopic (exact) mass is 310 g/mol. The van der Waals surface area contributed by atoms with Gasteiger partial charge in [-0.3, -0.25) is 4.72 Å². The SMILES string of the molecule is COc1c(Cl)cc(CSNC(N)=O)c(OC)c1Cl. The maximum atomic E-state index is 10.6. The number of benzene rings is 1. The lowest BCUT2D eigenvalue weighted by Gasteiger charge is -2.14. The number of amides is 2. The van der Waals surface area contributed by atoms with Crippen molar-refractivity contribution in [2.45, 2.75) is 5.75 Å². The molecule has 0 aliphatic rings. The molecule has 0 radical (unpaired) electrons. The molecule has 3 N–H and O–H groups in total. The van der Waals surface area contributed by atoms with Crippen LogP contribution < -0.4 is 19.9 Å². The average Bonchev–Trinajstić information content (AvgIpc) is 2.29. The molecule has 0 bridgehead atoms. The van der Waals surface area contributed by atoms with Gasteiger partial charge in [0.2, 0.25) is 0 Å². The number of methoxy groups -OCH3 is 2. The van der Waals surface area contributed by atoms with Gasteiger partial charge in [0, 0.05) is 11.3 Å². The Labute approximate surface area is 119 Å². The van der Waals surface area contributed by atoms with Crippen molar-refractivity contribution in [1.29, 1.82) is 0 Å². The summed E-state index contributed by atoms with van der Waals surface area (Å²) in [6.07, 6.45) is 0. The summed E-state index contributed by atoms with van der Waals surface area (Å²) >= 11 is 13.2. The van der Waals surface area contributed by atoms with Gasteiger partial charge < -0.3 is 15.2 Å². The number of carbonyl (C=O) groups is 1. The van der Waals surface area contributed by atoms with E-state index < -0.39 is 6.03 Å². The van der Waals surface area contributed by atoms with Crippen LogP contribution in [-0.4, -0.2) is 20.3 Å². The van der Waals surface area contributed by atoms with Crippen molar-refractivity contribution >= 4 is 41.2 Å². The Hall–Kier alpha value is -0.980. The quantitative estimate of drug-likeness (QED) is 0.820. The molecule has 5 nitrogen and oxygen atoms in total. The molecular formula is C10H12Cl2N2O3S. The minimum atomic E-state index is -0.621. The van der Waals surface area contributed by atoms with Gasteiger partial charge >= 0.3 is 6.03 Å². The molecule has 0 spiro atoms. The van der Waals surface area contributed by atoms with Gasteiger partial charge in [-0.1, -0.05) is 23.2 Å². The lowest BCUT2D eigenvalue weighted by molar-refractivity contribution is 0.254. The number of halogens is 2. The Morgan fingerprint density at radius 2 is 2.00 bits per heavy atom. The molecule has 1 aromatic rings. The van der Waals surface area contributed by atoms with E-state index in [1.165, 1.54) is 14.2 Å². The van der Waals surface area contributed by atoms with E-state index in [-0.39, 0.29) is 0 Å². The molecule has 0 fully saturated rings. The molecule has 1 rings (SSSR count). The van der Waals surface area contributed by atoms with E-state index in [0.29, 0.717) is 27.3 Å². The van der Waals surface area contributed by atoms with E-state index in [1.54, 1.807) is 6.07 Å². The van der Waals surface area contributed by atoms with E-state index in [9.17, 15) is 4.79 Å². The summed E-state index contributed by atoms with van der Waals surface area (Å²) in [5.74, 6) is 1.22. The van der Waals surface area contributed by atoms with Crippen LogP contribution in [0.2, 0.25) is 10.0 Å². The third-order valence-corrected chi connectivity index (χ3v) is 3.44. The van der Waals surface area contributed by atoms with Crippen LogP contribution in [0, 0.1) is 0 Å². The second kappa shape index (κ2) is 6.82. The number of rotatable bonds is 5. The number of urea groups is 1. The van der Waals surface area contributed by atoms with Gasteiger partial charge in [-0.05, 0) is 18.0 Å². The van der Waals surface area contributed by atoms with Gasteiger partial charge in [-0.25, -0.2) is 4.79 Å². The highest BCUT2D eigenvalue weighted by Crippen LogP contribution is 2.43. The van der Waals surface area contributed by atoms with E-state index in [2.05, 4.69) is 4.72 Å². The predicted octanol–water partition coefficient (Wildman–Crippen LogP) is 2.83. The van der Waals surface area contributed by atoms with E-state index in [0.717, 1.165) is 17.5 Å². The summed E-state index contributed by atoms with van der Waals surface area (Å²) < 4.78 is 12.7. The fraction of sp³-hybridized carbons (Fsp3) is 0.300. The molecule has 1 aromatic carbocycles. The number of ether oxygens (including phenoxy) is 2. The lowest BCUT2D eigenvalue weighted by atomic mass is 10.2. The zero-order chi connectivity index (χ0) is 13.7. The van der Waals surface area contributed by atoms with Crippen molar-refractivity contribution in [1.82, 2.24) is 4.72 Å². The molecule has 0 saturated carbocycles. The van der Waals surface area contributed by atoms with Crippen LogP contribution in [0.1, 0.15) is 5.56 Å². The van der Waals surface area contributed by atoms with Gasteiger partial charge in [0.1, 0.15) is 10.8 Å². The second-order valence-electron chi connectivity index (χ2n) is 3.15. The largest absolute Gasteiger partial charge is 0.495 e. The Kier molecular flexibility index (Phi) is 5.71. The molecule has 18 heavy (non-hydrogen) atoms. The molecule has 8 heteroatoms. The van der Waals surface area contributed by atoms with E-state index >= 15 is 0 Å². The first-order valence-corrected chi connectivity index (χ1v) is 6.51. The summed E-state index contributed by atoms with van der Waals surface area (Å²) in [5.41, 5.74) is 5.69. The second-order valence-corrected chi connectivity index (χ2v) is 4.72. The number of nitrogens with one attached hydrogen (secondary N) is 1. The van der Waals surface area contributed by atoms with Crippen LogP contribution in [0.3, 0.4) is 0 Å². The molecule has 0 aliphatic heterocycles. The first-order chi connectivity index (χ1) is 8.51. The molecule has 0 aliphatic carbocycles. The third-order valence-electron chi connectivity index (χ3n) is 2.02. The number of primary amides is 1. The summed E-state index contributed by atoms with van der Waals surface area (Å²) in [6, 6.07) is 1.05. The van der Waals surface area contributed by atoms with Crippen molar-refractivity contribution in [3.05, 3.63) is 21.7 Å². The topological polar surface area (TPSA) is 73.6 Å². The van der Waals surface area contributed by atoms with Crippen LogP contribution in [0.25, 0.3) is 0 Å². The first-order valence-electron chi connectivity index (χ1n) is 4.77. The fourth-order valence-electron chi connectivity index (χ4n) is 1.33. The molecule has 0 atom stereocenters. The van der Waals surface area contributed by atoms with Crippen LogP contribution in [0.15, 0.2) is 6.07 Å². The van der Waals surface area contributed by atoms with Crippen LogP contribution >= 0.6 is 35.1 Å². The van der Waals surface area contributed by atoms with Crippen molar-refractivity contribution in [3.8, 4) is 11.5 Å². The van der Waals surface area contributed by atoms with Gasteiger partial charge in [0.05, 0.1) is 19.2 Å². The zero-order valence-electron chi connectivity index (χ0n) is 9.75. The number of hydrogen-bond donors (Lipinski definition) is 2. The predicted molar refractivity (Wildman–Crippen MR) is 73.6 cm³/mol. The fourth-order valence-corrected chi connectivity index (χ4v) is 2.65. The highest BCUT2D eigenvalue weighted by molar-refractivity contribution is 7.97. The lowest BCUT2D eigenvalue weighted by Crippen LogP contribution is -2.23. The van der Waals surface area contributed by atoms with Crippen molar-refractivity contribution in [2.24, 2.45) is 5.73 Å². The number of carbonyl (C=O) groups excluding carboxylic acids is 1. The molecule has 2 amide bonds. The average molecular weight is 311 g/mol. The minimum Gasteiger partial charge on any atom is -0.495 e. The van der Waals surface area contributed by atoms with Gasteiger partial charge in [-0.2, -0.15) is 0 Å². The van der Waals surface area contributed by atoms with Crippen molar-refractivity contribution < 1.29 is 14.3 Å². The summed E-state index contributed by atoms with van der Waals surface area (Å²) in [7, 11) is 2.96. The summed E-state index contributed by atoms with van der Waals surface area (Å²) in [4.78, 5) is 10.6. The van der Waals surface area contributed by atoms with Crippen molar-refractivity contribution in [3.63, 3.8) is 0 Å². The maximum absolute atomic E-state index is 10.6.